The molecule has 0 radical (unpaired) electrons. The number of rotatable bonds is 4. The Kier molecular flexibility index (Phi) is 3.16. The number of hydrogen-bond acceptors (Lipinski definition) is 1. The van der Waals surface area contributed by atoms with Gasteiger partial charge in [-0.25, -0.2) is 0 Å². The first kappa shape index (κ1) is 13.9. The number of amides is 1. The molecule has 1 aromatic carbocycles. The van der Waals surface area contributed by atoms with Crippen LogP contribution in [-0.2, 0) is 5.41 Å². The highest BCUT2D eigenvalue weighted by Crippen LogP contribution is 2.64. The summed E-state index contributed by atoms with van der Waals surface area (Å²) in [7, 11) is 1.90. The van der Waals surface area contributed by atoms with Crippen molar-refractivity contribution in [2.24, 2.45) is 5.41 Å². The minimum absolute atomic E-state index is 0.0780. The largest absolute Gasteiger partial charge is 0.367 e. The van der Waals surface area contributed by atoms with Crippen LogP contribution in [0.4, 0.5) is 0 Å². The Balaban J connectivity index is 1.83. The fraction of sp³-hybridized carbons (Fsp3) is 0.389. The fourth-order valence-corrected chi connectivity index (χ4v) is 3.48. The second-order valence-corrected chi connectivity index (χ2v) is 6.77. The molecule has 1 aliphatic carbocycles. The van der Waals surface area contributed by atoms with Crippen molar-refractivity contribution in [2.45, 2.75) is 25.7 Å². The third-order valence-electron chi connectivity index (χ3n) is 4.94. The Morgan fingerprint density at radius 1 is 1.24 bits per heavy atom. The van der Waals surface area contributed by atoms with Crippen molar-refractivity contribution < 1.29 is 4.79 Å². The molecule has 3 heteroatoms. The van der Waals surface area contributed by atoms with E-state index in [4.69, 9.17) is 0 Å². The summed E-state index contributed by atoms with van der Waals surface area (Å²) in [5, 5.41) is 0. The average molecular weight is 282 g/mol. The molecule has 110 valence electrons. The van der Waals surface area contributed by atoms with E-state index >= 15 is 0 Å². The van der Waals surface area contributed by atoms with E-state index in [9.17, 15) is 4.79 Å². The second kappa shape index (κ2) is 4.76. The highest BCUT2D eigenvalue weighted by molar-refractivity contribution is 5.94. The summed E-state index contributed by atoms with van der Waals surface area (Å²) < 4.78 is 0. The van der Waals surface area contributed by atoms with Gasteiger partial charge in [-0.15, -0.1) is 0 Å². The van der Waals surface area contributed by atoms with Crippen LogP contribution in [0.3, 0.4) is 0 Å². The maximum atomic E-state index is 12.5. The van der Waals surface area contributed by atoms with Gasteiger partial charge in [0, 0.05) is 31.4 Å². The Hall–Kier alpha value is -2.03. The van der Waals surface area contributed by atoms with Crippen molar-refractivity contribution in [3.8, 4) is 0 Å². The third-order valence-corrected chi connectivity index (χ3v) is 4.94. The maximum absolute atomic E-state index is 12.5. The summed E-state index contributed by atoms with van der Waals surface area (Å²) in [4.78, 5) is 17.3. The first-order valence-corrected chi connectivity index (χ1v) is 7.40. The molecule has 1 saturated carbocycles. The molecule has 2 aromatic rings. The van der Waals surface area contributed by atoms with Gasteiger partial charge < -0.3 is 9.88 Å². The van der Waals surface area contributed by atoms with Crippen LogP contribution < -0.4 is 0 Å². The van der Waals surface area contributed by atoms with Crippen LogP contribution in [0.1, 0.15) is 36.2 Å². The van der Waals surface area contributed by atoms with E-state index in [2.05, 4.69) is 43.1 Å². The van der Waals surface area contributed by atoms with Crippen LogP contribution in [0, 0.1) is 5.41 Å². The number of aromatic amines is 1. The number of likely N-dealkylation sites (N-methyl/N-ethyl adjacent to an activating group) is 1. The van der Waals surface area contributed by atoms with Crippen molar-refractivity contribution in [2.75, 3.05) is 13.6 Å². The van der Waals surface area contributed by atoms with Crippen LogP contribution in [0.25, 0.3) is 0 Å². The summed E-state index contributed by atoms with van der Waals surface area (Å²) in [5.74, 6) is 0.0780. The van der Waals surface area contributed by atoms with Gasteiger partial charge in [0.25, 0.3) is 5.91 Å². The summed E-state index contributed by atoms with van der Waals surface area (Å²) in [6.07, 6.45) is 4.66. The van der Waals surface area contributed by atoms with Gasteiger partial charge in [0.05, 0.1) is 5.56 Å². The number of hydrogen-bond donors (Lipinski definition) is 1. The Morgan fingerprint density at radius 2 is 1.90 bits per heavy atom. The standard InChI is InChI=1S/C18H22N2O/c1-17(2)12-18(17,15-7-5-4-6-8-15)13-20(3)16(21)14-9-10-19-11-14/h4-11,19H,12-13H2,1-3H3. The molecule has 1 atom stereocenters. The summed E-state index contributed by atoms with van der Waals surface area (Å²) >= 11 is 0. The molecule has 1 fully saturated rings. The lowest BCUT2D eigenvalue weighted by Crippen LogP contribution is -2.36. The van der Waals surface area contributed by atoms with Gasteiger partial charge >= 0.3 is 0 Å². The highest BCUT2D eigenvalue weighted by atomic mass is 16.2. The van der Waals surface area contributed by atoms with Gasteiger partial charge in [0.2, 0.25) is 0 Å². The second-order valence-electron chi connectivity index (χ2n) is 6.77. The van der Waals surface area contributed by atoms with E-state index in [0.717, 1.165) is 18.5 Å². The quantitative estimate of drug-likeness (QED) is 0.916. The molecular formula is C18H22N2O. The van der Waals surface area contributed by atoms with Gasteiger partial charge in [-0.2, -0.15) is 0 Å². The molecule has 3 nitrogen and oxygen atoms in total. The van der Waals surface area contributed by atoms with E-state index in [0.29, 0.717) is 0 Å². The molecule has 21 heavy (non-hydrogen) atoms. The van der Waals surface area contributed by atoms with E-state index in [-0.39, 0.29) is 16.7 Å². The number of carbonyl (C=O) groups excluding carboxylic acids is 1. The summed E-state index contributed by atoms with van der Waals surface area (Å²) in [5.41, 5.74) is 2.37. The SMILES string of the molecule is CN(CC1(c2ccccc2)CC1(C)C)C(=O)c1cc[nH]c1. The monoisotopic (exact) mass is 282 g/mol. The Labute approximate surface area is 126 Å². The van der Waals surface area contributed by atoms with Gasteiger partial charge in [0.1, 0.15) is 0 Å². The lowest BCUT2D eigenvalue weighted by atomic mass is 9.87. The molecule has 1 amide bonds. The van der Waals surface area contributed by atoms with Gasteiger partial charge in [-0.1, -0.05) is 44.2 Å². The zero-order chi connectivity index (χ0) is 15.1. The van der Waals surface area contributed by atoms with Crippen molar-refractivity contribution in [1.29, 1.82) is 0 Å². The van der Waals surface area contributed by atoms with Crippen molar-refractivity contribution in [1.82, 2.24) is 9.88 Å². The van der Waals surface area contributed by atoms with Crippen LogP contribution >= 0.6 is 0 Å². The van der Waals surface area contributed by atoms with Crippen molar-refractivity contribution in [3.63, 3.8) is 0 Å². The summed E-state index contributed by atoms with van der Waals surface area (Å²) in [6, 6.07) is 12.4. The number of aromatic nitrogens is 1. The highest BCUT2D eigenvalue weighted by Gasteiger charge is 2.62. The van der Waals surface area contributed by atoms with E-state index in [1.54, 1.807) is 12.4 Å². The smallest absolute Gasteiger partial charge is 0.255 e. The number of nitrogens with zero attached hydrogens (tertiary/aromatic N) is 1. The van der Waals surface area contributed by atoms with Crippen LogP contribution in [0.5, 0.6) is 0 Å². The average Bonchev–Trinajstić information content (AvgIpc) is 2.86. The predicted molar refractivity (Wildman–Crippen MR) is 84.3 cm³/mol. The topological polar surface area (TPSA) is 36.1 Å². The lowest BCUT2D eigenvalue weighted by Gasteiger charge is -2.27. The number of H-pyrrole nitrogens is 1. The summed E-state index contributed by atoms with van der Waals surface area (Å²) in [6.45, 7) is 5.33. The van der Waals surface area contributed by atoms with Gasteiger partial charge in [0.15, 0.2) is 0 Å². The Bertz CT molecular complexity index is 631. The van der Waals surface area contributed by atoms with Crippen LogP contribution in [0.2, 0.25) is 0 Å². The predicted octanol–water partition coefficient (Wildman–Crippen LogP) is 3.45. The molecule has 3 rings (SSSR count). The molecule has 1 aromatic heterocycles. The first-order chi connectivity index (χ1) is 9.96. The third kappa shape index (κ3) is 2.27. The minimum Gasteiger partial charge on any atom is -0.367 e. The van der Waals surface area contributed by atoms with E-state index < -0.39 is 0 Å². The maximum Gasteiger partial charge on any atom is 0.255 e. The molecule has 1 unspecified atom stereocenters. The molecule has 1 heterocycles. The molecule has 0 aliphatic heterocycles. The molecule has 0 spiro atoms. The lowest BCUT2D eigenvalue weighted by molar-refractivity contribution is 0.0775. The first-order valence-electron chi connectivity index (χ1n) is 7.40. The van der Waals surface area contributed by atoms with Crippen LogP contribution in [0.15, 0.2) is 48.8 Å². The molecule has 0 bridgehead atoms. The number of nitrogens with one attached hydrogen (secondary N) is 1. The molecule has 1 aliphatic rings. The van der Waals surface area contributed by atoms with E-state index in [1.165, 1.54) is 5.56 Å². The number of benzene rings is 1. The number of carbonyl (C=O) groups is 1. The minimum atomic E-state index is 0.0780. The van der Waals surface area contributed by atoms with Gasteiger partial charge in [-0.05, 0) is 23.5 Å². The molecule has 1 N–H and O–H groups in total. The van der Waals surface area contributed by atoms with Crippen LogP contribution in [-0.4, -0.2) is 29.4 Å². The zero-order valence-corrected chi connectivity index (χ0v) is 12.9. The molecular weight excluding hydrogens is 260 g/mol. The van der Waals surface area contributed by atoms with Crippen molar-refractivity contribution >= 4 is 5.91 Å². The van der Waals surface area contributed by atoms with E-state index in [1.807, 2.05) is 24.1 Å². The molecule has 0 saturated heterocycles. The zero-order valence-electron chi connectivity index (χ0n) is 12.9. The van der Waals surface area contributed by atoms with Crippen molar-refractivity contribution in [3.05, 3.63) is 59.9 Å². The van der Waals surface area contributed by atoms with Gasteiger partial charge in [-0.3, -0.25) is 4.79 Å². The Morgan fingerprint density at radius 3 is 2.43 bits per heavy atom. The normalized spacial score (nSPS) is 22.8. The fourth-order valence-electron chi connectivity index (χ4n) is 3.48.